The van der Waals surface area contributed by atoms with Crippen LogP contribution in [0.3, 0.4) is 0 Å². The van der Waals surface area contributed by atoms with Crippen LogP contribution in [0.25, 0.3) is 11.1 Å². The fourth-order valence-electron chi connectivity index (χ4n) is 4.08. The second kappa shape index (κ2) is 9.90. The molecule has 178 valence electrons. The molecule has 1 aliphatic rings. The van der Waals surface area contributed by atoms with Crippen molar-refractivity contribution in [3.8, 4) is 28.4 Å². The molecular formula is C28H26N2O4S. The molecule has 0 amide bonds. The van der Waals surface area contributed by atoms with Gasteiger partial charge in [0, 0.05) is 37.7 Å². The molecule has 0 atom stereocenters. The second-order valence-corrected chi connectivity index (χ2v) is 10.6. The van der Waals surface area contributed by atoms with Crippen LogP contribution < -0.4 is 9.47 Å². The van der Waals surface area contributed by atoms with Gasteiger partial charge >= 0.3 is 0 Å². The monoisotopic (exact) mass is 486 g/mol. The second-order valence-electron chi connectivity index (χ2n) is 8.65. The maximum atomic E-state index is 11.9. The molecule has 0 bridgehead atoms. The van der Waals surface area contributed by atoms with Crippen LogP contribution in [0.4, 0.5) is 0 Å². The van der Waals surface area contributed by atoms with Gasteiger partial charge in [-0.05, 0) is 53.6 Å². The van der Waals surface area contributed by atoms with E-state index in [0.29, 0.717) is 0 Å². The zero-order chi connectivity index (χ0) is 24.3. The highest BCUT2D eigenvalue weighted by atomic mass is 32.2. The van der Waals surface area contributed by atoms with Crippen molar-refractivity contribution in [3.05, 3.63) is 103 Å². The molecule has 1 fully saturated rings. The largest absolute Gasteiger partial charge is 0.487 e. The SMILES string of the molecule is CS(=O)(=O)c1cc(-c2ccccc2OC2CN(Cc3cccc(Oc4ccccc4)c3)C2)ccn1. The van der Waals surface area contributed by atoms with Crippen molar-refractivity contribution >= 4 is 9.84 Å². The Morgan fingerprint density at radius 1 is 0.886 bits per heavy atom. The summed E-state index contributed by atoms with van der Waals surface area (Å²) in [5, 5.41) is 0.0538. The Balaban J connectivity index is 1.21. The Bertz CT molecular complexity index is 1420. The van der Waals surface area contributed by atoms with Crippen LogP contribution in [0.5, 0.6) is 17.2 Å². The van der Waals surface area contributed by atoms with Crippen molar-refractivity contribution in [2.45, 2.75) is 17.7 Å². The van der Waals surface area contributed by atoms with Gasteiger partial charge in [0.05, 0.1) is 0 Å². The van der Waals surface area contributed by atoms with E-state index in [0.717, 1.165) is 54.3 Å². The number of rotatable bonds is 8. The first-order valence-corrected chi connectivity index (χ1v) is 13.3. The summed E-state index contributed by atoms with van der Waals surface area (Å²) < 4.78 is 36.1. The molecule has 0 spiro atoms. The number of nitrogens with zero attached hydrogens (tertiary/aromatic N) is 2. The summed E-state index contributed by atoms with van der Waals surface area (Å²) in [7, 11) is -3.39. The van der Waals surface area contributed by atoms with Crippen LogP contribution in [-0.4, -0.2) is 43.8 Å². The highest BCUT2D eigenvalue weighted by molar-refractivity contribution is 7.90. The first kappa shape index (κ1) is 23.1. The summed E-state index contributed by atoms with van der Waals surface area (Å²) in [6, 6.07) is 29.0. The van der Waals surface area contributed by atoms with E-state index in [1.54, 1.807) is 12.1 Å². The molecule has 1 saturated heterocycles. The van der Waals surface area contributed by atoms with Crippen LogP contribution >= 0.6 is 0 Å². The van der Waals surface area contributed by atoms with Gasteiger partial charge in [-0.3, -0.25) is 4.90 Å². The maximum absolute atomic E-state index is 11.9. The van der Waals surface area contributed by atoms with Crippen LogP contribution in [0.15, 0.2) is 102 Å². The molecule has 1 aliphatic heterocycles. The predicted octanol–water partition coefficient (Wildman–Crippen LogP) is 5.21. The highest BCUT2D eigenvalue weighted by Gasteiger charge is 2.29. The lowest BCUT2D eigenvalue weighted by Gasteiger charge is -2.39. The van der Waals surface area contributed by atoms with Crippen molar-refractivity contribution in [3.63, 3.8) is 0 Å². The molecule has 4 aromatic rings. The first-order valence-electron chi connectivity index (χ1n) is 11.4. The molecular weight excluding hydrogens is 460 g/mol. The fourth-order valence-corrected chi connectivity index (χ4v) is 4.68. The molecule has 0 unspecified atom stereocenters. The number of likely N-dealkylation sites (tertiary alicyclic amines) is 1. The van der Waals surface area contributed by atoms with E-state index in [2.05, 4.69) is 22.0 Å². The number of hydrogen-bond acceptors (Lipinski definition) is 6. The number of sulfone groups is 1. The quantitative estimate of drug-likeness (QED) is 0.341. The minimum Gasteiger partial charge on any atom is -0.487 e. The zero-order valence-electron chi connectivity index (χ0n) is 19.4. The third-order valence-electron chi connectivity index (χ3n) is 5.81. The third-order valence-corrected chi connectivity index (χ3v) is 6.80. The van der Waals surface area contributed by atoms with E-state index < -0.39 is 9.84 Å². The predicted molar refractivity (Wildman–Crippen MR) is 135 cm³/mol. The molecule has 3 aromatic carbocycles. The van der Waals surface area contributed by atoms with Gasteiger partial charge in [0.25, 0.3) is 0 Å². The molecule has 6 nitrogen and oxygen atoms in total. The van der Waals surface area contributed by atoms with E-state index in [-0.39, 0.29) is 11.1 Å². The van der Waals surface area contributed by atoms with E-state index in [4.69, 9.17) is 9.47 Å². The summed E-state index contributed by atoms with van der Waals surface area (Å²) in [5.41, 5.74) is 2.80. The van der Waals surface area contributed by atoms with Crippen LogP contribution in [-0.2, 0) is 16.4 Å². The molecule has 0 N–H and O–H groups in total. The lowest BCUT2D eigenvalue weighted by atomic mass is 10.1. The van der Waals surface area contributed by atoms with Crippen LogP contribution in [0.2, 0.25) is 0 Å². The fraction of sp³-hybridized carbons (Fsp3) is 0.179. The maximum Gasteiger partial charge on any atom is 0.192 e. The number of pyridine rings is 1. The van der Waals surface area contributed by atoms with E-state index in [1.807, 2.05) is 66.7 Å². The standard InChI is InChI=1S/C28H26N2O4S/c1-35(31,32)28-17-22(14-15-29-28)26-12-5-6-13-27(26)34-25-19-30(20-25)18-21-8-7-11-24(16-21)33-23-9-3-2-4-10-23/h2-17,25H,18-20H2,1H3. The van der Waals surface area contributed by atoms with Gasteiger partial charge < -0.3 is 9.47 Å². The number of hydrogen-bond donors (Lipinski definition) is 0. The van der Waals surface area contributed by atoms with E-state index in [1.165, 1.54) is 11.8 Å². The van der Waals surface area contributed by atoms with Gasteiger partial charge in [-0.25, -0.2) is 13.4 Å². The van der Waals surface area contributed by atoms with E-state index >= 15 is 0 Å². The smallest absolute Gasteiger partial charge is 0.192 e. The van der Waals surface area contributed by atoms with Crippen molar-refractivity contribution in [1.82, 2.24) is 9.88 Å². The Hall–Kier alpha value is -3.68. The number of ether oxygens (including phenoxy) is 2. The average molecular weight is 487 g/mol. The summed E-state index contributed by atoms with van der Waals surface area (Å²) in [6.45, 7) is 2.43. The van der Waals surface area contributed by atoms with Gasteiger partial charge in [-0.1, -0.05) is 48.5 Å². The summed E-state index contributed by atoms with van der Waals surface area (Å²) in [5.74, 6) is 2.38. The molecule has 0 saturated carbocycles. The summed E-state index contributed by atoms with van der Waals surface area (Å²) >= 11 is 0. The minimum atomic E-state index is -3.39. The lowest BCUT2D eigenvalue weighted by molar-refractivity contribution is 0.0149. The molecule has 35 heavy (non-hydrogen) atoms. The normalized spacial score (nSPS) is 14.3. The molecule has 2 heterocycles. The zero-order valence-corrected chi connectivity index (χ0v) is 20.2. The molecule has 0 radical (unpaired) electrons. The van der Waals surface area contributed by atoms with Gasteiger partial charge in [0.2, 0.25) is 0 Å². The molecule has 5 rings (SSSR count). The van der Waals surface area contributed by atoms with E-state index in [9.17, 15) is 8.42 Å². The van der Waals surface area contributed by atoms with Crippen molar-refractivity contribution in [1.29, 1.82) is 0 Å². The Morgan fingerprint density at radius 3 is 2.43 bits per heavy atom. The molecule has 7 heteroatoms. The van der Waals surface area contributed by atoms with Gasteiger partial charge in [-0.15, -0.1) is 0 Å². The Kier molecular flexibility index (Phi) is 6.53. The van der Waals surface area contributed by atoms with Crippen LogP contribution in [0, 0.1) is 0 Å². The number of para-hydroxylation sites is 2. The highest BCUT2D eigenvalue weighted by Crippen LogP contribution is 2.32. The first-order chi connectivity index (χ1) is 16.9. The third kappa shape index (κ3) is 5.70. The number of aromatic nitrogens is 1. The minimum absolute atomic E-state index is 0.0538. The average Bonchev–Trinajstić information content (AvgIpc) is 2.83. The topological polar surface area (TPSA) is 68.7 Å². The van der Waals surface area contributed by atoms with Gasteiger partial charge in [0.15, 0.2) is 14.9 Å². The summed E-state index contributed by atoms with van der Waals surface area (Å²) in [6.07, 6.45) is 2.74. The van der Waals surface area contributed by atoms with Crippen LogP contribution in [0.1, 0.15) is 5.56 Å². The van der Waals surface area contributed by atoms with Crippen molar-refractivity contribution in [2.24, 2.45) is 0 Å². The van der Waals surface area contributed by atoms with Gasteiger partial charge in [0.1, 0.15) is 23.4 Å². The molecule has 1 aromatic heterocycles. The summed E-state index contributed by atoms with van der Waals surface area (Å²) in [4.78, 5) is 6.31. The lowest BCUT2D eigenvalue weighted by Crippen LogP contribution is -2.53. The van der Waals surface area contributed by atoms with Gasteiger partial charge in [-0.2, -0.15) is 0 Å². The Labute approximate surface area is 205 Å². The Morgan fingerprint density at radius 2 is 1.63 bits per heavy atom. The van der Waals surface area contributed by atoms with Crippen molar-refractivity contribution < 1.29 is 17.9 Å². The van der Waals surface area contributed by atoms with Crippen molar-refractivity contribution in [2.75, 3.05) is 19.3 Å². The molecule has 0 aliphatic carbocycles. The number of benzene rings is 3.